The third-order valence-electron chi connectivity index (χ3n) is 6.05. The van der Waals surface area contributed by atoms with E-state index in [0.29, 0.717) is 18.0 Å². The zero-order chi connectivity index (χ0) is 18.8. The van der Waals surface area contributed by atoms with Crippen molar-refractivity contribution in [2.24, 2.45) is 0 Å². The molecule has 2 aliphatic rings. The fraction of sp³-hybridized carbons (Fsp3) is 0.455. The molecule has 2 aliphatic heterocycles. The predicted molar refractivity (Wildman–Crippen MR) is 105 cm³/mol. The van der Waals surface area contributed by atoms with E-state index in [1.165, 1.54) is 11.1 Å². The summed E-state index contributed by atoms with van der Waals surface area (Å²) in [4.78, 5) is 21.1. The number of hydrogen-bond acceptors (Lipinski definition) is 4. The molecule has 142 valence electrons. The molecule has 0 radical (unpaired) electrons. The minimum atomic E-state index is 0.187. The van der Waals surface area contributed by atoms with Crippen LogP contribution in [-0.2, 0) is 11.3 Å². The van der Waals surface area contributed by atoms with Gasteiger partial charge in [0.25, 0.3) is 0 Å². The highest BCUT2D eigenvalue weighted by Crippen LogP contribution is 2.41. The molecule has 0 saturated carbocycles. The molecule has 0 bridgehead atoms. The number of nitrogens with zero attached hydrogens (tertiary/aromatic N) is 3. The number of ether oxygens (including phenoxy) is 1. The van der Waals surface area contributed by atoms with E-state index in [2.05, 4.69) is 39.0 Å². The van der Waals surface area contributed by atoms with Crippen LogP contribution in [-0.4, -0.2) is 53.0 Å². The van der Waals surface area contributed by atoms with E-state index in [1.54, 1.807) is 14.0 Å². The van der Waals surface area contributed by atoms with Crippen molar-refractivity contribution in [1.82, 2.24) is 14.8 Å². The third-order valence-corrected chi connectivity index (χ3v) is 6.05. The maximum atomic E-state index is 12.3. The highest BCUT2D eigenvalue weighted by atomic mass is 16.5. The zero-order valence-corrected chi connectivity index (χ0v) is 16.0. The molecule has 1 aromatic carbocycles. The smallest absolute Gasteiger partial charge is 0.219 e. The largest absolute Gasteiger partial charge is 0.497 e. The molecule has 3 heterocycles. The van der Waals surface area contributed by atoms with E-state index < -0.39 is 0 Å². The summed E-state index contributed by atoms with van der Waals surface area (Å²) in [6.45, 7) is 4.48. The van der Waals surface area contributed by atoms with Crippen LogP contribution in [0.1, 0.15) is 36.8 Å². The molecule has 0 unspecified atom stereocenters. The van der Waals surface area contributed by atoms with Gasteiger partial charge in [0.15, 0.2) is 0 Å². The minimum absolute atomic E-state index is 0.187. The number of pyridine rings is 1. The van der Waals surface area contributed by atoms with Crippen molar-refractivity contribution >= 4 is 5.91 Å². The second-order valence-electron chi connectivity index (χ2n) is 7.58. The van der Waals surface area contributed by atoms with Crippen molar-refractivity contribution in [3.05, 3.63) is 59.9 Å². The molecule has 2 saturated heterocycles. The molecule has 5 nitrogen and oxygen atoms in total. The minimum Gasteiger partial charge on any atom is -0.497 e. The van der Waals surface area contributed by atoms with Crippen LogP contribution in [0, 0.1) is 0 Å². The van der Waals surface area contributed by atoms with Gasteiger partial charge < -0.3 is 9.64 Å². The lowest BCUT2D eigenvalue weighted by Crippen LogP contribution is -2.51. The fourth-order valence-corrected chi connectivity index (χ4v) is 4.81. The van der Waals surface area contributed by atoms with Crippen molar-refractivity contribution in [2.45, 2.75) is 44.3 Å². The van der Waals surface area contributed by atoms with Crippen LogP contribution in [0.2, 0.25) is 0 Å². The molecule has 2 aromatic rings. The van der Waals surface area contributed by atoms with Gasteiger partial charge in [-0.1, -0.05) is 12.1 Å². The maximum Gasteiger partial charge on any atom is 0.219 e. The van der Waals surface area contributed by atoms with Gasteiger partial charge in [-0.2, -0.15) is 0 Å². The van der Waals surface area contributed by atoms with E-state index in [4.69, 9.17) is 4.74 Å². The van der Waals surface area contributed by atoms with E-state index >= 15 is 0 Å². The zero-order valence-electron chi connectivity index (χ0n) is 16.0. The molecule has 3 atom stereocenters. The molecular formula is C22H27N3O2. The summed E-state index contributed by atoms with van der Waals surface area (Å²) < 4.78 is 5.32. The Morgan fingerprint density at radius 2 is 1.93 bits per heavy atom. The summed E-state index contributed by atoms with van der Waals surface area (Å²) in [5.41, 5.74) is 2.57. The summed E-state index contributed by atoms with van der Waals surface area (Å²) in [6, 6.07) is 13.2. The predicted octanol–water partition coefficient (Wildman–Crippen LogP) is 3.07. The maximum absolute atomic E-state index is 12.3. The van der Waals surface area contributed by atoms with Crippen LogP contribution in [0.3, 0.4) is 0 Å². The third kappa shape index (κ3) is 3.56. The van der Waals surface area contributed by atoms with Gasteiger partial charge >= 0.3 is 0 Å². The molecule has 5 heteroatoms. The second-order valence-corrected chi connectivity index (χ2v) is 7.58. The summed E-state index contributed by atoms with van der Waals surface area (Å²) in [7, 11) is 1.69. The van der Waals surface area contributed by atoms with Crippen LogP contribution in [0.5, 0.6) is 5.75 Å². The Kier molecular flexibility index (Phi) is 5.12. The van der Waals surface area contributed by atoms with Crippen LogP contribution in [0.25, 0.3) is 0 Å². The number of rotatable bonds is 4. The Hall–Kier alpha value is -2.40. The molecule has 2 fully saturated rings. The van der Waals surface area contributed by atoms with Crippen molar-refractivity contribution in [3.8, 4) is 5.75 Å². The molecular weight excluding hydrogens is 338 g/mol. The SMILES string of the molecule is COc1ccc([C@H]2CN(C(C)=O)[C@@H]3CCCN(Cc4ccncc4)[C@H]23)cc1. The first-order valence-electron chi connectivity index (χ1n) is 9.71. The van der Waals surface area contributed by atoms with E-state index in [-0.39, 0.29) is 5.91 Å². The number of amides is 1. The highest BCUT2D eigenvalue weighted by molar-refractivity contribution is 5.74. The van der Waals surface area contributed by atoms with Gasteiger partial charge in [0.05, 0.1) is 7.11 Å². The summed E-state index contributed by atoms with van der Waals surface area (Å²) in [6.07, 6.45) is 5.93. The van der Waals surface area contributed by atoms with Gasteiger partial charge in [-0.15, -0.1) is 0 Å². The Morgan fingerprint density at radius 1 is 1.19 bits per heavy atom. The average molecular weight is 365 g/mol. The lowest BCUT2D eigenvalue weighted by molar-refractivity contribution is -0.130. The molecule has 0 N–H and O–H groups in total. The number of carbonyl (C=O) groups is 1. The molecule has 4 rings (SSSR count). The second kappa shape index (κ2) is 7.69. The normalized spacial score (nSPS) is 25.3. The van der Waals surface area contributed by atoms with E-state index in [0.717, 1.165) is 38.2 Å². The first kappa shape index (κ1) is 18.0. The number of carbonyl (C=O) groups excluding carboxylic acids is 1. The van der Waals surface area contributed by atoms with Crippen LogP contribution in [0.15, 0.2) is 48.8 Å². The van der Waals surface area contributed by atoms with Crippen LogP contribution < -0.4 is 4.74 Å². The van der Waals surface area contributed by atoms with E-state index in [9.17, 15) is 4.79 Å². The quantitative estimate of drug-likeness (QED) is 0.835. The van der Waals surface area contributed by atoms with Gasteiger partial charge in [0.1, 0.15) is 5.75 Å². The van der Waals surface area contributed by atoms with Gasteiger partial charge in [-0.05, 0) is 54.8 Å². The number of aromatic nitrogens is 1. The number of benzene rings is 1. The molecule has 1 amide bonds. The number of methoxy groups -OCH3 is 1. The summed E-state index contributed by atoms with van der Waals surface area (Å²) in [5.74, 6) is 1.38. The number of hydrogen-bond donors (Lipinski definition) is 0. The first-order valence-corrected chi connectivity index (χ1v) is 9.71. The van der Waals surface area contributed by atoms with Crippen molar-refractivity contribution in [1.29, 1.82) is 0 Å². The molecule has 27 heavy (non-hydrogen) atoms. The van der Waals surface area contributed by atoms with Crippen molar-refractivity contribution in [2.75, 3.05) is 20.2 Å². The number of piperidine rings is 1. The Labute approximate surface area is 161 Å². The standard InChI is InChI=1S/C22H27N3O2/c1-16(26)25-15-20(18-5-7-19(27-2)8-6-18)22-21(25)4-3-13-24(22)14-17-9-11-23-12-10-17/h5-12,20-22H,3-4,13-15H2,1-2H3/t20-,21-,22-/m1/s1. The van der Waals surface area contributed by atoms with Gasteiger partial charge in [-0.3, -0.25) is 14.7 Å². The Balaban J connectivity index is 1.65. The first-order chi connectivity index (χ1) is 13.2. The van der Waals surface area contributed by atoms with Gasteiger partial charge in [0.2, 0.25) is 5.91 Å². The van der Waals surface area contributed by atoms with Crippen molar-refractivity contribution < 1.29 is 9.53 Å². The lowest BCUT2D eigenvalue weighted by Gasteiger charge is -2.41. The summed E-state index contributed by atoms with van der Waals surface area (Å²) in [5, 5.41) is 0. The fourth-order valence-electron chi connectivity index (χ4n) is 4.81. The number of likely N-dealkylation sites (tertiary alicyclic amines) is 2. The molecule has 0 spiro atoms. The lowest BCUT2D eigenvalue weighted by atomic mass is 9.85. The monoisotopic (exact) mass is 365 g/mol. The Bertz CT molecular complexity index is 778. The molecule has 0 aliphatic carbocycles. The highest BCUT2D eigenvalue weighted by Gasteiger charge is 2.47. The molecule has 1 aromatic heterocycles. The van der Waals surface area contributed by atoms with Crippen LogP contribution in [0.4, 0.5) is 0 Å². The Morgan fingerprint density at radius 3 is 2.59 bits per heavy atom. The van der Waals surface area contributed by atoms with Crippen molar-refractivity contribution in [3.63, 3.8) is 0 Å². The van der Waals surface area contributed by atoms with E-state index in [1.807, 2.05) is 24.5 Å². The van der Waals surface area contributed by atoms with Crippen LogP contribution >= 0.6 is 0 Å². The van der Waals surface area contributed by atoms with Gasteiger partial charge in [0, 0.05) is 50.4 Å². The van der Waals surface area contributed by atoms with Gasteiger partial charge in [-0.25, -0.2) is 0 Å². The number of fused-ring (bicyclic) bond motifs is 1. The summed E-state index contributed by atoms with van der Waals surface area (Å²) >= 11 is 0. The average Bonchev–Trinajstić information content (AvgIpc) is 3.10. The topological polar surface area (TPSA) is 45.7 Å².